The fourth-order valence-corrected chi connectivity index (χ4v) is 9.94. The molecule has 6 aromatic carbocycles. The Morgan fingerprint density at radius 1 is 0.571 bits per heavy atom. The number of fused-ring (bicyclic) bond motifs is 3. The van der Waals surface area contributed by atoms with Crippen molar-refractivity contribution in [1.29, 1.82) is 0 Å². The van der Waals surface area contributed by atoms with Gasteiger partial charge < -0.3 is 57.2 Å². The first-order valence-electron chi connectivity index (χ1n) is 24.2. The van der Waals surface area contributed by atoms with Crippen molar-refractivity contribution in [3.8, 4) is 22.6 Å². The van der Waals surface area contributed by atoms with Crippen LogP contribution in [-0.2, 0) is 73.8 Å². The lowest BCUT2D eigenvalue weighted by Crippen LogP contribution is -2.61. The molecule has 0 spiro atoms. The van der Waals surface area contributed by atoms with E-state index in [2.05, 4.69) is 0 Å². The number of aromatic hydroxyl groups is 1. The number of phenolic OH excluding ortho intramolecular Hbond substituents is 1. The van der Waals surface area contributed by atoms with Gasteiger partial charge in [0.1, 0.15) is 66.9 Å². The van der Waals surface area contributed by atoms with Crippen molar-refractivity contribution >= 4 is 0 Å². The molecule has 0 saturated carbocycles. The van der Waals surface area contributed by atoms with Gasteiger partial charge in [-0.05, 0) is 67.6 Å². The van der Waals surface area contributed by atoms with Crippen molar-refractivity contribution in [3.63, 3.8) is 0 Å². The molecule has 70 heavy (non-hydrogen) atoms. The summed E-state index contributed by atoms with van der Waals surface area (Å²) in [7, 11) is 0. The van der Waals surface area contributed by atoms with Gasteiger partial charge in [-0.25, -0.2) is 0 Å². The number of benzene rings is 6. The van der Waals surface area contributed by atoms with Crippen molar-refractivity contribution in [2.75, 3.05) is 19.8 Å². The fraction of sp³-hybridized carbons (Fsp3) is 0.379. The Morgan fingerprint density at radius 2 is 1.10 bits per heavy atom. The molecule has 0 unspecified atom stereocenters. The van der Waals surface area contributed by atoms with E-state index >= 15 is 0 Å². The SMILES string of the molecule is CC1(C)O[C@H]2[C@H](CO[C@]3(COc4cc(-c5ccccc5)c(O)c([C@@H]5O[C@H](COCc6ccccc6)[C@@H](OCc6ccccc6)[C@H](OCc6ccccc6)[C@H]5OCc5ccccc5)c4)OC(C)(C)O[C@H]23)O1. The Morgan fingerprint density at radius 3 is 1.69 bits per heavy atom. The molecule has 4 aliphatic rings. The van der Waals surface area contributed by atoms with E-state index in [-0.39, 0.29) is 51.5 Å². The minimum atomic E-state index is -1.34. The van der Waals surface area contributed by atoms with Crippen molar-refractivity contribution in [2.24, 2.45) is 0 Å². The smallest absolute Gasteiger partial charge is 0.235 e. The van der Waals surface area contributed by atoms with E-state index in [4.69, 9.17) is 52.1 Å². The second-order valence-corrected chi connectivity index (χ2v) is 19.2. The van der Waals surface area contributed by atoms with Crippen LogP contribution in [-0.4, -0.2) is 85.0 Å². The molecule has 12 nitrogen and oxygen atoms in total. The summed E-state index contributed by atoms with van der Waals surface area (Å²) < 4.78 is 74.0. The minimum Gasteiger partial charge on any atom is -0.507 e. The molecule has 12 heteroatoms. The van der Waals surface area contributed by atoms with Gasteiger partial charge in [0, 0.05) is 11.1 Å². The van der Waals surface area contributed by atoms with Gasteiger partial charge >= 0.3 is 0 Å². The quantitative estimate of drug-likeness (QED) is 0.0883. The third-order valence-corrected chi connectivity index (χ3v) is 13.1. The number of hydrogen-bond donors (Lipinski definition) is 1. The van der Waals surface area contributed by atoms with Crippen LogP contribution < -0.4 is 4.74 Å². The summed E-state index contributed by atoms with van der Waals surface area (Å²) in [6.45, 7) is 8.85. The normalized spacial score (nSPS) is 27.7. The fourth-order valence-electron chi connectivity index (χ4n) is 9.94. The number of phenols is 1. The molecule has 0 aliphatic carbocycles. The van der Waals surface area contributed by atoms with Gasteiger partial charge in [-0.1, -0.05) is 152 Å². The highest BCUT2D eigenvalue weighted by molar-refractivity contribution is 5.74. The van der Waals surface area contributed by atoms with Crippen LogP contribution in [0.3, 0.4) is 0 Å². The average Bonchev–Trinajstić information content (AvgIpc) is 3.86. The van der Waals surface area contributed by atoms with Gasteiger partial charge in [0.2, 0.25) is 5.79 Å². The molecule has 366 valence electrons. The van der Waals surface area contributed by atoms with Gasteiger partial charge in [-0.2, -0.15) is 0 Å². The van der Waals surface area contributed by atoms with Crippen molar-refractivity contribution in [2.45, 2.75) is 120 Å². The maximum Gasteiger partial charge on any atom is 0.235 e. The highest BCUT2D eigenvalue weighted by Gasteiger charge is 2.66. The third-order valence-electron chi connectivity index (χ3n) is 13.1. The zero-order chi connectivity index (χ0) is 48.1. The predicted molar refractivity (Wildman–Crippen MR) is 260 cm³/mol. The molecule has 10 rings (SSSR count). The molecule has 0 bridgehead atoms. The summed E-state index contributed by atoms with van der Waals surface area (Å²) in [5.41, 5.74) is 5.65. The van der Waals surface area contributed by atoms with Crippen LogP contribution in [0.2, 0.25) is 0 Å². The van der Waals surface area contributed by atoms with Gasteiger partial charge in [0.15, 0.2) is 11.6 Å². The van der Waals surface area contributed by atoms with Crippen molar-refractivity contribution < 1.29 is 57.2 Å². The standard InChI is InChI=1S/C58H62O12/c1-56(2)67-48-37-65-58(55(52(48)68-56)69-57(3,4)70-58)38-64-44-30-45(43-28-18-9-19-29-43)49(59)46(31-44)50-53(62-34-41-24-14-7-15-25-41)54(63-35-42-26-16-8-17-27-42)51(61-33-40-22-12-6-13-23-40)47(66-50)36-60-32-39-20-10-5-11-21-39/h5-31,47-48,50-55,59H,32-38H2,1-4H3/t47-,48+,50+,51-,52+,53+,54+,55-,58-/m1/s1. The molecule has 4 aliphatic heterocycles. The van der Waals surface area contributed by atoms with E-state index < -0.39 is 60.1 Å². The predicted octanol–water partition coefficient (Wildman–Crippen LogP) is 10.2. The zero-order valence-corrected chi connectivity index (χ0v) is 40.1. The molecule has 0 amide bonds. The van der Waals surface area contributed by atoms with Gasteiger partial charge in [0.05, 0.1) is 39.6 Å². The lowest BCUT2D eigenvalue weighted by Gasteiger charge is -2.46. The van der Waals surface area contributed by atoms with E-state index in [0.717, 1.165) is 27.8 Å². The molecule has 6 aromatic rings. The Balaban J connectivity index is 1.06. The number of hydrogen-bond acceptors (Lipinski definition) is 12. The summed E-state index contributed by atoms with van der Waals surface area (Å²) in [6, 6.07) is 53.4. The largest absolute Gasteiger partial charge is 0.507 e. The van der Waals surface area contributed by atoms with E-state index in [1.165, 1.54) is 0 Å². The molecule has 9 atom stereocenters. The maximum absolute atomic E-state index is 12.7. The molecule has 4 heterocycles. The monoisotopic (exact) mass is 950 g/mol. The maximum atomic E-state index is 12.7. The summed E-state index contributed by atoms with van der Waals surface area (Å²) in [6.07, 6.45) is -5.40. The summed E-state index contributed by atoms with van der Waals surface area (Å²) >= 11 is 0. The van der Waals surface area contributed by atoms with Crippen molar-refractivity contribution in [1.82, 2.24) is 0 Å². The van der Waals surface area contributed by atoms with Crippen LogP contribution in [0.4, 0.5) is 0 Å². The van der Waals surface area contributed by atoms with Crippen LogP contribution in [0.5, 0.6) is 11.5 Å². The van der Waals surface area contributed by atoms with E-state index in [0.29, 0.717) is 23.5 Å². The second-order valence-electron chi connectivity index (χ2n) is 19.2. The van der Waals surface area contributed by atoms with E-state index in [9.17, 15) is 5.11 Å². The molecule has 4 fully saturated rings. The Bertz CT molecular complexity index is 2600. The van der Waals surface area contributed by atoms with Crippen molar-refractivity contribution in [3.05, 3.63) is 192 Å². The Labute approximate surface area is 410 Å². The lowest BCUT2D eigenvalue weighted by atomic mass is 9.88. The van der Waals surface area contributed by atoms with Gasteiger partial charge in [-0.15, -0.1) is 0 Å². The molecular weight excluding hydrogens is 889 g/mol. The van der Waals surface area contributed by atoms with E-state index in [1.807, 2.05) is 191 Å². The topological polar surface area (TPSA) is 122 Å². The third kappa shape index (κ3) is 11.0. The Kier molecular flexibility index (Phi) is 14.5. The lowest BCUT2D eigenvalue weighted by molar-refractivity contribution is -0.290. The summed E-state index contributed by atoms with van der Waals surface area (Å²) in [4.78, 5) is 0. The van der Waals surface area contributed by atoms with Crippen LogP contribution in [0.25, 0.3) is 11.1 Å². The van der Waals surface area contributed by atoms with Crippen LogP contribution in [0.1, 0.15) is 61.6 Å². The first-order valence-corrected chi connectivity index (χ1v) is 24.2. The second kappa shape index (κ2) is 21.1. The van der Waals surface area contributed by atoms with Crippen LogP contribution >= 0.6 is 0 Å². The minimum absolute atomic E-state index is 0.000560. The van der Waals surface area contributed by atoms with Gasteiger partial charge in [-0.3, -0.25) is 0 Å². The molecule has 0 aromatic heterocycles. The first kappa shape index (κ1) is 48.2. The Hall–Kier alpha value is -5.48. The molecule has 0 radical (unpaired) electrons. The summed E-state index contributed by atoms with van der Waals surface area (Å²) in [5, 5.41) is 12.7. The van der Waals surface area contributed by atoms with Crippen LogP contribution in [0, 0.1) is 0 Å². The summed E-state index contributed by atoms with van der Waals surface area (Å²) in [5.74, 6) is -2.77. The van der Waals surface area contributed by atoms with Crippen LogP contribution in [0.15, 0.2) is 164 Å². The molecule has 1 N–H and O–H groups in total. The highest BCUT2D eigenvalue weighted by atomic mass is 16.9. The average molecular weight is 951 g/mol. The van der Waals surface area contributed by atoms with E-state index in [1.54, 1.807) is 0 Å². The number of ether oxygens (including phenoxy) is 11. The van der Waals surface area contributed by atoms with Gasteiger partial charge in [0.25, 0.3) is 0 Å². The molecule has 4 saturated heterocycles. The number of rotatable bonds is 18. The zero-order valence-electron chi connectivity index (χ0n) is 40.1. The molecular formula is C58H62O12. The highest BCUT2D eigenvalue weighted by Crippen LogP contribution is 2.50. The first-order chi connectivity index (χ1) is 34.0.